The monoisotopic (exact) mass is 360 g/mol. The van der Waals surface area contributed by atoms with Crippen LogP contribution in [0.3, 0.4) is 0 Å². The number of rotatable bonds is 4. The molecule has 2 aliphatic rings. The van der Waals surface area contributed by atoms with Crippen LogP contribution < -0.4 is 14.4 Å². The molecule has 1 N–H and O–H groups in total. The molecule has 4 rings (SSSR count). The van der Waals surface area contributed by atoms with E-state index >= 15 is 0 Å². The largest absolute Gasteiger partial charge is 0.493 e. The zero-order valence-electron chi connectivity index (χ0n) is 13.8. The molecule has 0 spiro atoms. The summed E-state index contributed by atoms with van der Waals surface area (Å²) < 4.78 is 39.2. The number of hydrogen-bond donors (Lipinski definition) is 1. The number of nitrogens with zero attached hydrogens (tertiary/aromatic N) is 1. The maximum absolute atomic E-state index is 12.8. The Kier molecular flexibility index (Phi) is 4.27. The molecule has 0 saturated carbocycles. The van der Waals surface area contributed by atoms with Crippen molar-refractivity contribution in [3.63, 3.8) is 0 Å². The Morgan fingerprint density at radius 1 is 1.00 bits per heavy atom. The maximum atomic E-state index is 12.8. The second kappa shape index (κ2) is 6.57. The number of nitrogens with one attached hydrogen (secondary N) is 1. The minimum Gasteiger partial charge on any atom is -0.493 e. The normalized spacial score (nSPS) is 17.0. The van der Waals surface area contributed by atoms with E-state index < -0.39 is 10.0 Å². The van der Waals surface area contributed by atoms with Gasteiger partial charge in [0.2, 0.25) is 0 Å². The lowest BCUT2D eigenvalue weighted by atomic mass is 10.2. The average Bonchev–Trinajstić information content (AvgIpc) is 3.10. The van der Waals surface area contributed by atoms with E-state index in [0.29, 0.717) is 31.3 Å². The summed E-state index contributed by atoms with van der Waals surface area (Å²) in [5.74, 6) is 0.657. The molecular weight excluding hydrogens is 340 g/mol. The second-order valence-electron chi connectivity index (χ2n) is 6.09. The second-order valence-corrected chi connectivity index (χ2v) is 7.77. The van der Waals surface area contributed by atoms with Crippen molar-refractivity contribution >= 4 is 21.4 Å². The van der Waals surface area contributed by atoms with Gasteiger partial charge in [-0.1, -0.05) is 18.2 Å². The van der Waals surface area contributed by atoms with Gasteiger partial charge in [-0.25, -0.2) is 8.42 Å². The molecule has 2 heterocycles. The lowest BCUT2D eigenvalue weighted by Gasteiger charge is -2.30. The minimum absolute atomic E-state index is 0.213. The molecule has 0 aliphatic carbocycles. The molecule has 0 atom stereocenters. The molecule has 1 fully saturated rings. The summed E-state index contributed by atoms with van der Waals surface area (Å²) in [6.07, 6.45) is 0.822. The van der Waals surface area contributed by atoms with Crippen LogP contribution in [0.15, 0.2) is 47.4 Å². The van der Waals surface area contributed by atoms with Gasteiger partial charge in [0.1, 0.15) is 5.75 Å². The van der Waals surface area contributed by atoms with E-state index in [9.17, 15) is 8.42 Å². The highest BCUT2D eigenvalue weighted by Crippen LogP contribution is 2.31. The quantitative estimate of drug-likeness (QED) is 0.906. The summed E-state index contributed by atoms with van der Waals surface area (Å²) in [4.78, 5) is 2.35. The predicted octanol–water partition coefficient (Wildman–Crippen LogP) is 2.26. The van der Waals surface area contributed by atoms with Crippen molar-refractivity contribution in [1.82, 2.24) is 0 Å². The van der Waals surface area contributed by atoms with E-state index in [0.717, 1.165) is 30.8 Å². The summed E-state index contributed by atoms with van der Waals surface area (Å²) in [6, 6.07) is 12.5. The number of sulfonamides is 1. The van der Waals surface area contributed by atoms with Gasteiger partial charge in [-0.15, -0.1) is 0 Å². The van der Waals surface area contributed by atoms with Crippen LogP contribution in [0.5, 0.6) is 5.75 Å². The van der Waals surface area contributed by atoms with Gasteiger partial charge in [0.15, 0.2) is 0 Å². The molecule has 0 bridgehead atoms. The smallest absolute Gasteiger partial charge is 0.262 e. The molecule has 132 valence electrons. The summed E-state index contributed by atoms with van der Waals surface area (Å²) >= 11 is 0. The SMILES string of the molecule is O=S(=O)(Nc1ccccc1N1CCOCC1)c1ccc2c(c1)OCC2. The Morgan fingerprint density at radius 2 is 1.80 bits per heavy atom. The molecule has 7 heteroatoms. The molecule has 1 saturated heterocycles. The van der Waals surface area contributed by atoms with E-state index in [1.54, 1.807) is 18.2 Å². The number of morpholine rings is 1. The van der Waals surface area contributed by atoms with Gasteiger partial charge in [0.25, 0.3) is 10.0 Å². The van der Waals surface area contributed by atoms with Crippen LogP contribution in [0.25, 0.3) is 0 Å². The van der Waals surface area contributed by atoms with E-state index in [2.05, 4.69) is 9.62 Å². The number of hydrogen-bond acceptors (Lipinski definition) is 5. The molecule has 2 aliphatic heterocycles. The third kappa shape index (κ3) is 3.29. The first-order chi connectivity index (χ1) is 12.1. The van der Waals surface area contributed by atoms with Crippen molar-refractivity contribution in [2.75, 3.05) is 42.5 Å². The van der Waals surface area contributed by atoms with E-state index in [1.807, 2.05) is 24.3 Å². The molecule has 6 nitrogen and oxygen atoms in total. The lowest BCUT2D eigenvalue weighted by Crippen LogP contribution is -2.36. The summed E-state index contributed by atoms with van der Waals surface area (Å²) in [5, 5.41) is 0. The fourth-order valence-corrected chi connectivity index (χ4v) is 4.25. The van der Waals surface area contributed by atoms with Crippen LogP contribution in [0.2, 0.25) is 0 Å². The van der Waals surface area contributed by atoms with Gasteiger partial charge < -0.3 is 14.4 Å². The van der Waals surface area contributed by atoms with Gasteiger partial charge in [0, 0.05) is 25.6 Å². The first-order valence-corrected chi connectivity index (χ1v) is 9.82. The zero-order valence-corrected chi connectivity index (χ0v) is 14.6. The molecule has 0 aromatic heterocycles. The summed E-state index contributed by atoms with van der Waals surface area (Å²) in [7, 11) is -3.68. The Morgan fingerprint density at radius 3 is 2.64 bits per heavy atom. The number of ether oxygens (including phenoxy) is 2. The third-order valence-electron chi connectivity index (χ3n) is 4.48. The summed E-state index contributed by atoms with van der Waals surface area (Å²) in [6.45, 7) is 3.37. The standard InChI is InChI=1S/C18H20N2O4S/c21-25(22,15-6-5-14-7-10-24-18(14)13-15)19-16-3-1-2-4-17(16)20-8-11-23-12-9-20/h1-6,13,19H,7-12H2. The van der Waals surface area contributed by atoms with Gasteiger partial charge in [-0.3, -0.25) is 4.72 Å². The van der Waals surface area contributed by atoms with Crippen LogP contribution in [-0.2, 0) is 21.2 Å². The van der Waals surface area contributed by atoms with Crippen LogP contribution >= 0.6 is 0 Å². The Bertz CT molecular complexity index is 876. The highest BCUT2D eigenvalue weighted by molar-refractivity contribution is 7.92. The van der Waals surface area contributed by atoms with Crippen molar-refractivity contribution in [2.45, 2.75) is 11.3 Å². The van der Waals surface area contributed by atoms with E-state index in [4.69, 9.17) is 9.47 Å². The van der Waals surface area contributed by atoms with Crippen molar-refractivity contribution in [3.05, 3.63) is 48.0 Å². The van der Waals surface area contributed by atoms with Gasteiger partial charge >= 0.3 is 0 Å². The molecule has 2 aromatic carbocycles. The number of para-hydroxylation sites is 2. The van der Waals surface area contributed by atoms with Crippen molar-refractivity contribution in [1.29, 1.82) is 0 Å². The van der Waals surface area contributed by atoms with Crippen molar-refractivity contribution in [2.24, 2.45) is 0 Å². The number of anilines is 2. The number of benzene rings is 2. The lowest BCUT2D eigenvalue weighted by molar-refractivity contribution is 0.123. The Labute approximate surface area is 147 Å². The molecule has 2 aromatic rings. The fourth-order valence-electron chi connectivity index (χ4n) is 3.16. The third-order valence-corrected chi connectivity index (χ3v) is 5.84. The average molecular weight is 360 g/mol. The predicted molar refractivity (Wildman–Crippen MR) is 95.9 cm³/mol. The van der Waals surface area contributed by atoms with Crippen LogP contribution in [0.4, 0.5) is 11.4 Å². The van der Waals surface area contributed by atoms with Gasteiger partial charge in [-0.05, 0) is 23.8 Å². The summed E-state index contributed by atoms with van der Waals surface area (Å²) in [5.41, 5.74) is 2.49. The van der Waals surface area contributed by atoms with Crippen LogP contribution in [0.1, 0.15) is 5.56 Å². The highest BCUT2D eigenvalue weighted by atomic mass is 32.2. The highest BCUT2D eigenvalue weighted by Gasteiger charge is 2.22. The molecule has 0 amide bonds. The zero-order chi connectivity index (χ0) is 17.3. The van der Waals surface area contributed by atoms with E-state index in [1.165, 1.54) is 0 Å². The van der Waals surface area contributed by atoms with Gasteiger partial charge in [0.05, 0.1) is 36.1 Å². The molecule has 0 unspecified atom stereocenters. The maximum Gasteiger partial charge on any atom is 0.262 e. The topological polar surface area (TPSA) is 67.9 Å². The first-order valence-electron chi connectivity index (χ1n) is 8.34. The van der Waals surface area contributed by atoms with Crippen molar-refractivity contribution in [3.8, 4) is 5.75 Å². The van der Waals surface area contributed by atoms with Gasteiger partial charge in [-0.2, -0.15) is 0 Å². The van der Waals surface area contributed by atoms with Crippen molar-refractivity contribution < 1.29 is 17.9 Å². The first kappa shape index (κ1) is 16.2. The fraction of sp³-hybridized carbons (Fsp3) is 0.333. The van der Waals surface area contributed by atoms with Crippen LogP contribution in [0, 0.1) is 0 Å². The minimum atomic E-state index is -3.68. The Balaban J connectivity index is 1.63. The molecule has 0 radical (unpaired) electrons. The van der Waals surface area contributed by atoms with Crippen LogP contribution in [-0.4, -0.2) is 41.3 Å². The van der Waals surface area contributed by atoms with E-state index in [-0.39, 0.29) is 4.90 Å². The number of fused-ring (bicyclic) bond motifs is 1. The molecular formula is C18H20N2O4S. The Hall–Kier alpha value is -2.25. The molecule has 25 heavy (non-hydrogen) atoms.